The van der Waals surface area contributed by atoms with E-state index in [1.807, 2.05) is 0 Å². The van der Waals surface area contributed by atoms with Gasteiger partial charge >= 0.3 is 11.9 Å². The molecule has 25 heavy (non-hydrogen) atoms. The molecule has 10 nitrogen and oxygen atoms in total. The monoisotopic (exact) mass is 348 g/mol. The van der Waals surface area contributed by atoms with Crippen molar-refractivity contribution >= 4 is 17.6 Å². The van der Waals surface area contributed by atoms with Gasteiger partial charge in [0.2, 0.25) is 0 Å². The molecule has 0 aliphatic carbocycles. The summed E-state index contributed by atoms with van der Waals surface area (Å²) in [5.74, 6) is -5.41. The zero-order chi connectivity index (χ0) is 18.7. The van der Waals surface area contributed by atoms with Crippen LogP contribution in [0.4, 0.5) is 5.69 Å². The van der Waals surface area contributed by atoms with Crippen LogP contribution in [0.1, 0.15) is 11.5 Å². The zero-order valence-corrected chi connectivity index (χ0v) is 12.8. The van der Waals surface area contributed by atoms with Crippen LogP contribution in [-0.4, -0.2) is 38.8 Å². The molecule has 0 saturated carbocycles. The van der Waals surface area contributed by atoms with E-state index in [-0.39, 0.29) is 17.1 Å². The Balaban J connectivity index is 2.68. The van der Waals surface area contributed by atoms with E-state index in [1.165, 1.54) is 25.4 Å². The van der Waals surface area contributed by atoms with Gasteiger partial charge in [0.25, 0.3) is 11.2 Å². The Morgan fingerprint density at radius 2 is 1.88 bits per heavy atom. The zero-order valence-electron chi connectivity index (χ0n) is 12.8. The van der Waals surface area contributed by atoms with Crippen LogP contribution in [0.15, 0.2) is 41.3 Å². The highest BCUT2D eigenvalue weighted by Crippen LogP contribution is 2.27. The minimum absolute atomic E-state index is 0.00403. The Kier molecular flexibility index (Phi) is 4.82. The van der Waals surface area contributed by atoms with E-state index in [2.05, 4.69) is 0 Å². The van der Waals surface area contributed by atoms with Crippen LogP contribution in [0.5, 0.6) is 5.75 Å². The number of ether oxygens (including phenoxy) is 1. The summed E-state index contributed by atoms with van der Waals surface area (Å²) in [5.41, 5.74) is -1.50. The maximum atomic E-state index is 12.6. The molecule has 0 amide bonds. The molecule has 0 saturated heterocycles. The quantitative estimate of drug-likeness (QED) is 0.446. The van der Waals surface area contributed by atoms with E-state index in [4.69, 9.17) is 14.9 Å². The minimum atomic E-state index is -2.04. The summed E-state index contributed by atoms with van der Waals surface area (Å²) in [6.45, 7) is 0. The van der Waals surface area contributed by atoms with Gasteiger partial charge in [0.05, 0.1) is 23.8 Å². The van der Waals surface area contributed by atoms with Gasteiger partial charge in [-0.2, -0.15) is 0 Å². The van der Waals surface area contributed by atoms with Gasteiger partial charge in [0.15, 0.2) is 5.92 Å². The number of methoxy groups -OCH3 is 1. The molecule has 1 aromatic carbocycles. The highest BCUT2D eigenvalue weighted by molar-refractivity contribution is 5.98. The fourth-order valence-corrected chi connectivity index (χ4v) is 2.27. The molecule has 0 spiro atoms. The third kappa shape index (κ3) is 3.32. The lowest BCUT2D eigenvalue weighted by Crippen LogP contribution is -2.31. The second kappa shape index (κ2) is 6.83. The first-order valence-electron chi connectivity index (χ1n) is 6.78. The maximum Gasteiger partial charge on any atom is 0.322 e. The van der Waals surface area contributed by atoms with Gasteiger partial charge < -0.3 is 14.9 Å². The van der Waals surface area contributed by atoms with Crippen molar-refractivity contribution in [3.63, 3.8) is 0 Å². The fourth-order valence-electron chi connectivity index (χ4n) is 2.27. The number of aliphatic carboxylic acids is 2. The Hall–Kier alpha value is -3.69. The van der Waals surface area contributed by atoms with Crippen molar-refractivity contribution in [1.82, 2.24) is 4.57 Å². The van der Waals surface area contributed by atoms with Crippen LogP contribution >= 0.6 is 0 Å². The van der Waals surface area contributed by atoms with Crippen molar-refractivity contribution in [3.05, 3.63) is 62.6 Å². The number of carboxylic acid groups (broad SMARTS) is 2. The van der Waals surface area contributed by atoms with Crippen molar-refractivity contribution < 1.29 is 29.5 Å². The molecule has 0 aliphatic rings. The highest BCUT2D eigenvalue weighted by atomic mass is 16.6. The molecule has 0 atom stereocenters. The predicted octanol–water partition coefficient (Wildman–Crippen LogP) is 1.01. The number of nitro groups is 1. The number of carbonyl (C=O) groups is 2. The molecule has 2 N–H and O–H groups in total. The third-order valence-electron chi connectivity index (χ3n) is 3.42. The van der Waals surface area contributed by atoms with Gasteiger partial charge in [0.1, 0.15) is 5.75 Å². The number of carboxylic acids is 2. The smallest absolute Gasteiger partial charge is 0.322 e. The predicted molar refractivity (Wildman–Crippen MR) is 83.3 cm³/mol. The molecule has 2 aromatic rings. The molecule has 10 heteroatoms. The van der Waals surface area contributed by atoms with Crippen LogP contribution in [0.2, 0.25) is 0 Å². The van der Waals surface area contributed by atoms with Crippen LogP contribution in [0.25, 0.3) is 5.69 Å². The minimum Gasteiger partial charge on any atom is -0.494 e. The molecule has 1 aromatic heterocycles. The van der Waals surface area contributed by atoms with E-state index < -0.39 is 33.9 Å². The number of pyridine rings is 1. The number of hydrogen-bond donors (Lipinski definition) is 2. The standard InChI is InChI=1S/C15H12N2O8/c1-25-11-7-8(17(23)24)4-5-10(11)16-6-2-3-9(13(16)18)12(14(19)20)15(21)22/h2-7,12H,1H3,(H,19,20)(H,21,22). The van der Waals surface area contributed by atoms with Crippen LogP contribution < -0.4 is 10.3 Å². The van der Waals surface area contributed by atoms with Crippen molar-refractivity contribution in [3.8, 4) is 11.4 Å². The second-order valence-corrected chi connectivity index (χ2v) is 4.86. The molecular weight excluding hydrogens is 336 g/mol. The summed E-state index contributed by atoms with van der Waals surface area (Å²) in [5, 5.41) is 28.9. The van der Waals surface area contributed by atoms with Crippen LogP contribution in [0, 0.1) is 10.1 Å². The molecule has 0 unspecified atom stereocenters. The van der Waals surface area contributed by atoms with Gasteiger partial charge in [0, 0.05) is 17.8 Å². The molecule has 0 fully saturated rings. The second-order valence-electron chi connectivity index (χ2n) is 4.86. The average molecular weight is 348 g/mol. The number of nitrogens with zero attached hydrogens (tertiary/aromatic N) is 2. The lowest BCUT2D eigenvalue weighted by atomic mass is 10.0. The largest absolute Gasteiger partial charge is 0.494 e. The molecule has 0 radical (unpaired) electrons. The summed E-state index contributed by atoms with van der Waals surface area (Å²) in [4.78, 5) is 45.1. The van der Waals surface area contributed by atoms with Crippen LogP contribution in [0.3, 0.4) is 0 Å². The molecule has 0 aliphatic heterocycles. The third-order valence-corrected chi connectivity index (χ3v) is 3.42. The van der Waals surface area contributed by atoms with Crippen molar-refractivity contribution in [2.45, 2.75) is 5.92 Å². The summed E-state index contributed by atoms with van der Waals surface area (Å²) in [7, 11) is 1.24. The summed E-state index contributed by atoms with van der Waals surface area (Å²) in [6.07, 6.45) is 1.27. The van der Waals surface area contributed by atoms with E-state index in [0.717, 1.165) is 22.8 Å². The van der Waals surface area contributed by atoms with Gasteiger partial charge in [-0.15, -0.1) is 0 Å². The summed E-state index contributed by atoms with van der Waals surface area (Å²) < 4.78 is 6.01. The number of rotatable bonds is 6. The fraction of sp³-hybridized carbons (Fsp3) is 0.133. The maximum absolute atomic E-state index is 12.6. The van der Waals surface area contributed by atoms with Crippen molar-refractivity contribution in [2.24, 2.45) is 0 Å². The van der Waals surface area contributed by atoms with E-state index in [0.29, 0.717) is 0 Å². The molecule has 0 bridgehead atoms. The number of nitro benzene ring substituents is 1. The lowest BCUT2D eigenvalue weighted by molar-refractivity contribution is -0.384. The first-order chi connectivity index (χ1) is 11.8. The molecule has 130 valence electrons. The van der Waals surface area contributed by atoms with E-state index in [1.54, 1.807) is 0 Å². The Bertz CT molecular complexity index is 904. The van der Waals surface area contributed by atoms with Gasteiger partial charge in [-0.1, -0.05) is 6.07 Å². The van der Waals surface area contributed by atoms with E-state index >= 15 is 0 Å². The first kappa shape index (κ1) is 17.7. The summed E-state index contributed by atoms with van der Waals surface area (Å²) >= 11 is 0. The van der Waals surface area contributed by atoms with Crippen molar-refractivity contribution in [1.29, 1.82) is 0 Å². The van der Waals surface area contributed by atoms with E-state index in [9.17, 15) is 24.5 Å². The molecule has 2 rings (SSSR count). The summed E-state index contributed by atoms with van der Waals surface area (Å²) in [6, 6.07) is 5.89. The topological polar surface area (TPSA) is 149 Å². The van der Waals surface area contributed by atoms with Gasteiger partial charge in [-0.05, 0) is 12.1 Å². The Morgan fingerprint density at radius 1 is 1.24 bits per heavy atom. The van der Waals surface area contributed by atoms with Gasteiger partial charge in [-0.25, -0.2) is 0 Å². The van der Waals surface area contributed by atoms with Crippen LogP contribution in [-0.2, 0) is 9.59 Å². The molecular formula is C15H12N2O8. The number of hydrogen-bond acceptors (Lipinski definition) is 6. The average Bonchev–Trinajstić information content (AvgIpc) is 2.55. The Morgan fingerprint density at radius 3 is 2.40 bits per heavy atom. The first-order valence-corrected chi connectivity index (χ1v) is 6.78. The number of benzene rings is 1. The normalized spacial score (nSPS) is 10.5. The number of non-ortho nitro benzene ring substituents is 1. The van der Waals surface area contributed by atoms with Gasteiger partial charge in [-0.3, -0.25) is 29.1 Å². The Labute approximate surface area is 139 Å². The lowest BCUT2D eigenvalue weighted by Gasteiger charge is -2.13. The SMILES string of the molecule is COc1cc([N+](=O)[O-])ccc1-n1cccc(C(C(=O)O)C(=O)O)c1=O. The highest BCUT2D eigenvalue weighted by Gasteiger charge is 2.31. The van der Waals surface area contributed by atoms with Crippen molar-refractivity contribution in [2.75, 3.05) is 7.11 Å². The number of aromatic nitrogens is 1. The molecule has 1 heterocycles.